The lowest BCUT2D eigenvalue weighted by Crippen LogP contribution is -2.26. The fourth-order valence-electron chi connectivity index (χ4n) is 2.19. The first kappa shape index (κ1) is 13.8. The molecule has 2 aromatic rings. The molecule has 1 heterocycles. The van der Waals surface area contributed by atoms with Crippen LogP contribution in [0.1, 0.15) is 39.9 Å². The highest BCUT2D eigenvalue weighted by molar-refractivity contribution is 5.86. The standard InChI is InChI=1S/C16H22N2O/c1-5-16(3,4)14(19)11-15-17-12-9-7-8-10-13(12)18(15)6-2/h7-10H,5-6,11H2,1-4H3. The van der Waals surface area contributed by atoms with Crippen molar-refractivity contribution in [3.05, 3.63) is 30.1 Å². The minimum Gasteiger partial charge on any atom is -0.328 e. The van der Waals surface area contributed by atoms with E-state index in [0.29, 0.717) is 6.42 Å². The molecule has 19 heavy (non-hydrogen) atoms. The maximum Gasteiger partial charge on any atom is 0.145 e. The predicted octanol–water partition coefficient (Wildman–Crippen LogP) is 3.60. The van der Waals surface area contributed by atoms with Gasteiger partial charge in [-0.05, 0) is 25.5 Å². The molecule has 0 spiro atoms. The number of Topliss-reactive ketones (excluding diaryl/α,β-unsaturated/α-hetero) is 1. The van der Waals surface area contributed by atoms with Crippen molar-refractivity contribution in [1.82, 2.24) is 9.55 Å². The van der Waals surface area contributed by atoms with Crippen molar-refractivity contribution in [2.24, 2.45) is 5.41 Å². The molecule has 0 saturated heterocycles. The number of carbonyl (C=O) groups excluding carboxylic acids is 1. The third-order valence-corrected chi connectivity index (χ3v) is 4.01. The van der Waals surface area contributed by atoms with E-state index >= 15 is 0 Å². The fraction of sp³-hybridized carbons (Fsp3) is 0.500. The van der Waals surface area contributed by atoms with E-state index in [1.807, 2.05) is 32.0 Å². The van der Waals surface area contributed by atoms with Crippen molar-refractivity contribution in [1.29, 1.82) is 0 Å². The zero-order chi connectivity index (χ0) is 14.0. The van der Waals surface area contributed by atoms with Crippen LogP contribution >= 0.6 is 0 Å². The first-order valence-corrected chi connectivity index (χ1v) is 6.97. The quantitative estimate of drug-likeness (QED) is 0.821. The predicted molar refractivity (Wildman–Crippen MR) is 78.2 cm³/mol. The molecule has 0 aliphatic carbocycles. The first-order valence-electron chi connectivity index (χ1n) is 6.97. The lowest BCUT2D eigenvalue weighted by atomic mass is 9.84. The van der Waals surface area contributed by atoms with Gasteiger partial charge in [-0.2, -0.15) is 0 Å². The summed E-state index contributed by atoms with van der Waals surface area (Å²) in [6, 6.07) is 8.06. The summed E-state index contributed by atoms with van der Waals surface area (Å²) in [6.45, 7) is 9.01. The second kappa shape index (κ2) is 5.16. The van der Waals surface area contributed by atoms with Crippen molar-refractivity contribution >= 4 is 16.8 Å². The average Bonchev–Trinajstić information content (AvgIpc) is 2.75. The van der Waals surface area contributed by atoms with Crippen LogP contribution in [0.5, 0.6) is 0 Å². The van der Waals surface area contributed by atoms with Crippen molar-refractivity contribution in [3.63, 3.8) is 0 Å². The molecule has 0 N–H and O–H groups in total. The van der Waals surface area contributed by atoms with Gasteiger partial charge in [-0.25, -0.2) is 4.98 Å². The molecule has 0 aliphatic rings. The lowest BCUT2D eigenvalue weighted by molar-refractivity contribution is -0.126. The molecule has 1 aromatic heterocycles. The molecule has 0 atom stereocenters. The van der Waals surface area contributed by atoms with Gasteiger partial charge in [0.15, 0.2) is 0 Å². The second-order valence-corrected chi connectivity index (χ2v) is 5.60. The number of ketones is 1. The van der Waals surface area contributed by atoms with E-state index in [1.165, 1.54) is 0 Å². The number of carbonyl (C=O) groups is 1. The Labute approximate surface area is 114 Å². The third kappa shape index (κ3) is 2.55. The van der Waals surface area contributed by atoms with Crippen LogP contribution in [-0.4, -0.2) is 15.3 Å². The fourth-order valence-corrected chi connectivity index (χ4v) is 2.19. The second-order valence-electron chi connectivity index (χ2n) is 5.60. The number of benzene rings is 1. The Morgan fingerprint density at radius 1 is 1.26 bits per heavy atom. The van der Waals surface area contributed by atoms with E-state index in [-0.39, 0.29) is 11.2 Å². The zero-order valence-corrected chi connectivity index (χ0v) is 12.2. The Hall–Kier alpha value is -1.64. The summed E-state index contributed by atoms with van der Waals surface area (Å²) < 4.78 is 2.14. The van der Waals surface area contributed by atoms with Gasteiger partial charge in [0.2, 0.25) is 0 Å². The molecule has 102 valence electrons. The van der Waals surface area contributed by atoms with Gasteiger partial charge in [0.25, 0.3) is 0 Å². The van der Waals surface area contributed by atoms with Crippen molar-refractivity contribution in [3.8, 4) is 0 Å². The molecule has 3 nitrogen and oxygen atoms in total. The highest BCUT2D eigenvalue weighted by Crippen LogP contribution is 2.24. The molecule has 0 radical (unpaired) electrons. The molecule has 1 aromatic carbocycles. The zero-order valence-electron chi connectivity index (χ0n) is 12.2. The summed E-state index contributed by atoms with van der Waals surface area (Å²) >= 11 is 0. The van der Waals surface area contributed by atoms with Gasteiger partial charge >= 0.3 is 0 Å². The molecule has 0 fully saturated rings. The van der Waals surface area contributed by atoms with E-state index < -0.39 is 0 Å². The van der Waals surface area contributed by atoms with Crippen LogP contribution in [0.25, 0.3) is 11.0 Å². The van der Waals surface area contributed by atoms with Gasteiger partial charge in [0, 0.05) is 12.0 Å². The van der Waals surface area contributed by atoms with E-state index in [9.17, 15) is 4.79 Å². The molecule has 0 saturated carbocycles. The summed E-state index contributed by atoms with van der Waals surface area (Å²) in [5.74, 6) is 1.15. The third-order valence-electron chi connectivity index (χ3n) is 4.01. The minimum atomic E-state index is -0.267. The van der Waals surface area contributed by atoms with Crippen LogP contribution < -0.4 is 0 Å². The van der Waals surface area contributed by atoms with E-state index in [2.05, 4.69) is 29.5 Å². The summed E-state index contributed by atoms with van der Waals surface area (Å²) in [5.41, 5.74) is 1.82. The molecule has 3 heteroatoms. The number of aromatic nitrogens is 2. The molecule has 0 amide bonds. The van der Waals surface area contributed by atoms with Gasteiger partial charge in [-0.15, -0.1) is 0 Å². The van der Waals surface area contributed by atoms with Crippen molar-refractivity contribution in [2.45, 2.75) is 47.1 Å². The molecule has 0 bridgehead atoms. The summed E-state index contributed by atoms with van der Waals surface area (Å²) in [5, 5.41) is 0. The smallest absolute Gasteiger partial charge is 0.145 e. The summed E-state index contributed by atoms with van der Waals surface area (Å²) in [6.07, 6.45) is 1.28. The molecule has 0 aliphatic heterocycles. The Balaban J connectivity index is 2.38. The van der Waals surface area contributed by atoms with Crippen LogP contribution in [0.15, 0.2) is 24.3 Å². The van der Waals surface area contributed by atoms with E-state index in [4.69, 9.17) is 0 Å². The Bertz CT molecular complexity index is 596. The van der Waals surface area contributed by atoms with E-state index in [1.54, 1.807) is 0 Å². The van der Waals surface area contributed by atoms with Gasteiger partial charge < -0.3 is 4.57 Å². The van der Waals surface area contributed by atoms with Gasteiger partial charge in [-0.3, -0.25) is 4.79 Å². The summed E-state index contributed by atoms with van der Waals surface area (Å²) in [7, 11) is 0. The average molecular weight is 258 g/mol. The number of hydrogen-bond donors (Lipinski definition) is 0. The maximum absolute atomic E-state index is 12.4. The molecule has 0 unspecified atom stereocenters. The topological polar surface area (TPSA) is 34.9 Å². The van der Waals surface area contributed by atoms with E-state index in [0.717, 1.165) is 29.8 Å². The largest absolute Gasteiger partial charge is 0.328 e. The van der Waals surface area contributed by atoms with Crippen molar-refractivity contribution < 1.29 is 4.79 Å². The van der Waals surface area contributed by atoms with Gasteiger partial charge in [0.05, 0.1) is 17.5 Å². The Kier molecular flexibility index (Phi) is 3.74. The lowest BCUT2D eigenvalue weighted by Gasteiger charge is -2.20. The highest BCUT2D eigenvalue weighted by atomic mass is 16.1. The Morgan fingerprint density at radius 2 is 1.95 bits per heavy atom. The highest BCUT2D eigenvalue weighted by Gasteiger charge is 2.26. The number of hydrogen-bond acceptors (Lipinski definition) is 2. The number of para-hydroxylation sites is 2. The van der Waals surface area contributed by atoms with Crippen molar-refractivity contribution in [2.75, 3.05) is 0 Å². The van der Waals surface area contributed by atoms with Gasteiger partial charge in [0.1, 0.15) is 11.6 Å². The summed E-state index contributed by atoms with van der Waals surface area (Å²) in [4.78, 5) is 17.0. The molecular weight excluding hydrogens is 236 g/mol. The monoisotopic (exact) mass is 258 g/mol. The number of aryl methyl sites for hydroxylation is 1. The van der Waals surface area contributed by atoms with Crippen LogP contribution in [0.2, 0.25) is 0 Å². The van der Waals surface area contributed by atoms with Gasteiger partial charge in [-0.1, -0.05) is 32.9 Å². The number of fused-ring (bicyclic) bond motifs is 1. The van der Waals surface area contributed by atoms with Crippen LogP contribution in [0, 0.1) is 5.41 Å². The number of nitrogens with zero attached hydrogens (tertiary/aromatic N) is 2. The molecular formula is C16H22N2O. The first-order chi connectivity index (χ1) is 8.99. The maximum atomic E-state index is 12.4. The van der Waals surface area contributed by atoms with Crippen LogP contribution in [-0.2, 0) is 17.8 Å². The van der Waals surface area contributed by atoms with Crippen LogP contribution in [0.4, 0.5) is 0 Å². The number of rotatable bonds is 5. The minimum absolute atomic E-state index is 0.264. The number of imidazole rings is 1. The normalized spacial score (nSPS) is 12.0. The SMILES string of the molecule is CCn1c(CC(=O)C(C)(C)CC)nc2ccccc21. The van der Waals surface area contributed by atoms with Crippen LogP contribution in [0.3, 0.4) is 0 Å². The Morgan fingerprint density at radius 3 is 2.58 bits per heavy atom. The molecule has 2 rings (SSSR count).